The number of anilines is 1. The Labute approximate surface area is 130 Å². The van der Waals surface area contributed by atoms with Crippen LogP contribution >= 0.6 is 0 Å². The third-order valence-electron chi connectivity index (χ3n) is 4.46. The Morgan fingerprint density at radius 3 is 2.62 bits per heavy atom. The lowest BCUT2D eigenvalue weighted by atomic mass is 9.85. The first-order chi connectivity index (χ1) is 10.0. The van der Waals surface area contributed by atoms with E-state index >= 15 is 0 Å². The third kappa shape index (κ3) is 4.74. The second kappa shape index (κ2) is 7.31. The summed E-state index contributed by atoms with van der Waals surface area (Å²) in [5.41, 5.74) is 2.96. The fourth-order valence-corrected chi connectivity index (χ4v) is 3.32. The molecule has 0 aliphatic carbocycles. The Morgan fingerprint density at radius 1 is 1.14 bits per heavy atom. The van der Waals surface area contributed by atoms with Crippen molar-refractivity contribution < 1.29 is 0 Å². The Kier molecular flexibility index (Phi) is 5.69. The molecule has 0 spiro atoms. The van der Waals surface area contributed by atoms with Crippen molar-refractivity contribution in [2.75, 3.05) is 25.0 Å². The van der Waals surface area contributed by atoms with Crippen LogP contribution in [0, 0.1) is 0 Å². The minimum absolute atomic E-state index is 0.197. The van der Waals surface area contributed by atoms with Gasteiger partial charge in [-0.1, -0.05) is 45.9 Å². The maximum absolute atomic E-state index is 3.83. The van der Waals surface area contributed by atoms with E-state index in [9.17, 15) is 0 Å². The van der Waals surface area contributed by atoms with E-state index in [0.29, 0.717) is 6.04 Å². The molecule has 2 nitrogen and oxygen atoms in total. The van der Waals surface area contributed by atoms with Gasteiger partial charge in [0.1, 0.15) is 0 Å². The van der Waals surface area contributed by atoms with Crippen molar-refractivity contribution in [1.29, 1.82) is 0 Å². The summed E-state index contributed by atoms with van der Waals surface area (Å²) in [6.07, 6.45) is 5.14. The molecule has 0 aromatic heterocycles. The van der Waals surface area contributed by atoms with Gasteiger partial charge < -0.3 is 10.2 Å². The lowest BCUT2D eigenvalue weighted by Crippen LogP contribution is -2.27. The number of para-hydroxylation sites is 1. The van der Waals surface area contributed by atoms with E-state index in [1.165, 1.54) is 56.6 Å². The van der Waals surface area contributed by atoms with Crippen LogP contribution in [0.3, 0.4) is 0 Å². The summed E-state index contributed by atoms with van der Waals surface area (Å²) in [7, 11) is 0. The number of nitrogens with zero attached hydrogens (tertiary/aromatic N) is 1. The number of hydrogen-bond acceptors (Lipinski definition) is 2. The highest BCUT2D eigenvalue weighted by Crippen LogP contribution is 2.30. The fourth-order valence-electron chi connectivity index (χ4n) is 3.32. The molecular formula is C19H32N2. The first kappa shape index (κ1) is 16.4. The lowest BCUT2D eigenvalue weighted by molar-refractivity contribution is 0.285. The first-order valence-corrected chi connectivity index (χ1v) is 8.59. The van der Waals surface area contributed by atoms with Gasteiger partial charge in [0.25, 0.3) is 0 Å². The van der Waals surface area contributed by atoms with Gasteiger partial charge in [-0.3, -0.25) is 0 Å². The highest BCUT2D eigenvalue weighted by Gasteiger charge is 2.21. The van der Waals surface area contributed by atoms with Gasteiger partial charge in [0.2, 0.25) is 0 Å². The van der Waals surface area contributed by atoms with Crippen molar-refractivity contribution in [3.8, 4) is 0 Å². The number of likely N-dealkylation sites (tertiary alicyclic amines) is 1. The second-order valence-corrected chi connectivity index (χ2v) is 7.41. The molecule has 2 rings (SSSR count). The molecule has 118 valence electrons. The smallest absolute Gasteiger partial charge is 0.0380 e. The van der Waals surface area contributed by atoms with Crippen LogP contribution in [0.2, 0.25) is 0 Å². The summed E-state index contributed by atoms with van der Waals surface area (Å²) < 4.78 is 0. The zero-order valence-electron chi connectivity index (χ0n) is 14.3. The van der Waals surface area contributed by atoms with Crippen LogP contribution < -0.4 is 5.32 Å². The topological polar surface area (TPSA) is 15.3 Å². The molecule has 0 bridgehead atoms. The van der Waals surface area contributed by atoms with Crippen LogP contribution in [0.4, 0.5) is 5.69 Å². The Morgan fingerprint density at radius 2 is 1.90 bits per heavy atom. The van der Waals surface area contributed by atoms with Gasteiger partial charge in [0, 0.05) is 18.3 Å². The van der Waals surface area contributed by atoms with E-state index in [0.717, 1.165) is 0 Å². The third-order valence-corrected chi connectivity index (χ3v) is 4.46. The minimum atomic E-state index is 0.197. The average molecular weight is 288 g/mol. The number of benzene rings is 1. The lowest BCUT2D eigenvalue weighted by Gasteiger charge is -2.26. The summed E-state index contributed by atoms with van der Waals surface area (Å²) in [6, 6.07) is 9.44. The van der Waals surface area contributed by atoms with Gasteiger partial charge in [0.15, 0.2) is 0 Å². The van der Waals surface area contributed by atoms with Crippen molar-refractivity contribution >= 4 is 5.69 Å². The summed E-state index contributed by atoms with van der Waals surface area (Å²) >= 11 is 0. The monoisotopic (exact) mass is 288 g/mol. The summed E-state index contributed by atoms with van der Waals surface area (Å²) in [5, 5.41) is 3.83. The zero-order valence-corrected chi connectivity index (χ0v) is 14.3. The van der Waals surface area contributed by atoms with Crippen molar-refractivity contribution in [3.05, 3.63) is 29.8 Å². The molecule has 1 aliphatic heterocycles. The predicted octanol–water partition coefficient (Wildman–Crippen LogP) is 4.66. The number of rotatable bonds is 4. The molecule has 1 aromatic carbocycles. The van der Waals surface area contributed by atoms with Crippen LogP contribution in [-0.4, -0.2) is 30.6 Å². The molecule has 1 saturated heterocycles. The first-order valence-electron chi connectivity index (χ1n) is 8.59. The molecule has 1 aliphatic rings. The molecule has 1 aromatic rings. The standard InChI is InChI=1S/C19H32N2/c1-5-13-21-14-8-9-16(12-15-21)20-18-11-7-6-10-17(18)19(2,3)4/h6-7,10-11,16,20H,5,8-9,12-15H2,1-4H3. The largest absolute Gasteiger partial charge is 0.382 e. The summed E-state index contributed by atoms with van der Waals surface area (Å²) in [6.45, 7) is 12.9. The molecule has 0 saturated carbocycles. The van der Waals surface area contributed by atoms with Gasteiger partial charge in [-0.05, 0) is 55.8 Å². The van der Waals surface area contributed by atoms with Crippen LogP contribution in [0.1, 0.15) is 58.9 Å². The molecule has 1 unspecified atom stereocenters. The van der Waals surface area contributed by atoms with Crippen LogP contribution in [0.5, 0.6) is 0 Å². The van der Waals surface area contributed by atoms with Gasteiger partial charge in [-0.15, -0.1) is 0 Å². The van der Waals surface area contributed by atoms with Gasteiger partial charge in [0.05, 0.1) is 0 Å². The number of nitrogens with one attached hydrogen (secondary N) is 1. The molecule has 1 atom stereocenters. The Bertz CT molecular complexity index is 433. The molecule has 0 radical (unpaired) electrons. The van der Waals surface area contributed by atoms with Crippen molar-refractivity contribution in [2.24, 2.45) is 0 Å². The molecule has 21 heavy (non-hydrogen) atoms. The fraction of sp³-hybridized carbons (Fsp3) is 0.684. The van der Waals surface area contributed by atoms with E-state index in [1.807, 2.05) is 0 Å². The quantitative estimate of drug-likeness (QED) is 0.867. The van der Waals surface area contributed by atoms with Gasteiger partial charge in [-0.25, -0.2) is 0 Å². The second-order valence-electron chi connectivity index (χ2n) is 7.41. The highest BCUT2D eigenvalue weighted by molar-refractivity contribution is 5.54. The maximum Gasteiger partial charge on any atom is 0.0380 e. The zero-order chi connectivity index (χ0) is 15.3. The Balaban J connectivity index is 2.02. The average Bonchev–Trinajstić information content (AvgIpc) is 2.64. The molecule has 1 N–H and O–H groups in total. The van der Waals surface area contributed by atoms with E-state index in [1.54, 1.807) is 0 Å². The van der Waals surface area contributed by atoms with E-state index in [-0.39, 0.29) is 5.41 Å². The highest BCUT2D eigenvalue weighted by atomic mass is 15.1. The molecule has 1 fully saturated rings. The molecule has 1 heterocycles. The number of hydrogen-bond donors (Lipinski definition) is 1. The van der Waals surface area contributed by atoms with E-state index < -0.39 is 0 Å². The molecular weight excluding hydrogens is 256 g/mol. The van der Waals surface area contributed by atoms with Crippen LogP contribution in [0.25, 0.3) is 0 Å². The normalized spacial score (nSPS) is 21.0. The van der Waals surface area contributed by atoms with E-state index in [2.05, 4.69) is 62.2 Å². The summed E-state index contributed by atoms with van der Waals surface area (Å²) in [5.74, 6) is 0. The van der Waals surface area contributed by atoms with Crippen molar-refractivity contribution in [2.45, 2.75) is 64.8 Å². The minimum Gasteiger partial charge on any atom is -0.382 e. The summed E-state index contributed by atoms with van der Waals surface area (Å²) in [4.78, 5) is 2.62. The van der Waals surface area contributed by atoms with E-state index in [4.69, 9.17) is 0 Å². The maximum atomic E-state index is 3.83. The van der Waals surface area contributed by atoms with Gasteiger partial charge >= 0.3 is 0 Å². The Hall–Kier alpha value is -1.02. The van der Waals surface area contributed by atoms with Crippen molar-refractivity contribution in [1.82, 2.24) is 4.90 Å². The van der Waals surface area contributed by atoms with Crippen LogP contribution in [-0.2, 0) is 5.41 Å². The van der Waals surface area contributed by atoms with Gasteiger partial charge in [-0.2, -0.15) is 0 Å². The van der Waals surface area contributed by atoms with Crippen molar-refractivity contribution in [3.63, 3.8) is 0 Å². The predicted molar refractivity (Wildman–Crippen MR) is 93.1 cm³/mol. The van der Waals surface area contributed by atoms with Crippen LogP contribution in [0.15, 0.2) is 24.3 Å². The molecule has 0 amide bonds. The SMILES string of the molecule is CCCN1CCCC(Nc2ccccc2C(C)(C)C)CC1. The molecule has 2 heteroatoms.